The lowest BCUT2D eigenvalue weighted by Crippen LogP contribution is -2.10. The molecule has 1 unspecified atom stereocenters. The number of alkyl halides is 3. The lowest BCUT2D eigenvalue weighted by Gasteiger charge is -2.13. The van der Waals surface area contributed by atoms with Crippen LogP contribution in [0.3, 0.4) is 0 Å². The number of fused-ring (bicyclic) bond motifs is 1. The van der Waals surface area contributed by atoms with Crippen LogP contribution >= 0.6 is 0 Å². The molecule has 1 aliphatic heterocycles. The predicted octanol–water partition coefficient (Wildman–Crippen LogP) is 4.17. The van der Waals surface area contributed by atoms with E-state index < -0.39 is 17.5 Å². The molecule has 1 N–H and O–H groups in total. The number of benzene rings is 1. The molecular weight excluding hydrogens is 359 g/mol. The Bertz CT molecular complexity index is 969. The Morgan fingerprint density at radius 2 is 2.07 bits per heavy atom. The highest BCUT2D eigenvalue weighted by atomic mass is 19.4. The number of hydrogen-bond acceptors (Lipinski definition) is 4. The third kappa shape index (κ3) is 3.37. The van der Waals surface area contributed by atoms with Crippen molar-refractivity contribution in [2.24, 2.45) is 5.92 Å². The lowest BCUT2D eigenvalue weighted by molar-refractivity contribution is -0.137. The van der Waals surface area contributed by atoms with Gasteiger partial charge in [0.15, 0.2) is 5.65 Å². The second-order valence-electron chi connectivity index (χ2n) is 6.89. The Labute approximate surface area is 153 Å². The summed E-state index contributed by atoms with van der Waals surface area (Å²) in [4.78, 5) is 0. The third-order valence-corrected chi connectivity index (χ3v) is 4.89. The molecule has 4 rings (SSSR count). The highest BCUT2D eigenvalue weighted by Crippen LogP contribution is 2.38. The van der Waals surface area contributed by atoms with E-state index in [2.05, 4.69) is 10.2 Å². The van der Waals surface area contributed by atoms with E-state index in [1.807, 2.05) is 16.8 Å². The van der Waals surface area contributed by atoms with Crippen molar-refractivity contribution >= 4 is 11.0 Å². The van der Waals surface area contributed by atoms with Crippen molar-refractivity contribution in [2.45, 2.75) is 26.1 Å². The summed E-state index contributed by atoms with van der Waals surface area (Å²) < 4.78 is 46.1. The molecule has 0 saturated carbocycles. The Kier molecular flexibility index (Phi) is 4.30. The number of aromatic nitrogens is 3. The van der Waals surface area contributed by atoms with Gasteiger partial charge in [0.1, 0.15) is 5.75 Å². The average molecular weight is 377 g/mol. The molecule has 1 aliphatic rings. The number of phenolic OH excluding ortho intramolecular Hbond substituents is 1. The fourth-order valence-corrected chi connectivity index (χ4v) is 3.53. The second-order valence-corrected chi connectivity index (χ2v) is 6.89. The molecule has 0 bridgehead atoms. The molecule has 1 fully saturated rings. The van der Waals surface area contributed by atoms with Gasteiger partial charge < -0.3 is 14.4 Å². The SMILES string of the molecule is Cc1cc(C(F)(F)F)cc(O)c1-c1cc2ccn(CC3CCOC3)c2nn1. The van der Waals surface area contributed by atoms with Crippen LogP contribution in [-0.4, -0.2) is 33.1 Å². The summed E-state index contributed by atoms with van der Waals surface area (Å²) in [5.41, 5.74) is 0.705. The predicted molar refractivity (Wildman–Crippen MR) is 93.3 cm³/mol. The van der Waals surface area contributed by atoms with Crippen LogP contribution in [0.2, 0.25) is 0 Å². The zero-order valence-corrected chi connectivity index (χ0v) is 14.6. The minimum absolute atomic E-state index is 0.259. The Balaban J connectivity index is 1.70. The summed E-state index contributed by atoms with van der Waals surface area (Å²) in [6, 6.07) is 5.35. The number of nitrogens with zero attached hydrogens (tertiary/aromatic N) is 3. The highest BCUT2D eigenvalue weighted by Gasteiger charge is 2.32. The van der Waals surface area contributed by atoms with Crippen LogP contribution < -0.4 is 0 Å². The molecule has 5 nitrogen and oxygen atoms in total. The molecular formula is C19H18F3N3O2. The molecule has 0 radical (unpaired) electrons. The molecule has 1 atom stereocenters. The van der Waals surface area contributed by atoms with E-state index in [1.165, 1.54) is 6.92 Å². The zero-order chi connectivity index (χ0) is 19.2. The highest BCUT2D eigenvalue weighted by molar-refractivity contribution is 5.82. The lowest BCUT2D eigenvalue weighted by atomic mass is 10.00. The number of rotatable bonds is 3. The molecule has 0 amide bonds. The maximum absolute atomic E-state index is 12.9. The van der Waals surface area contributed by atoms with E-state index in [1.54, 1.807) is 6.07 Å². The minimum atomic E-state index is -4.52. The molecule has 3 aromatic rings. The molecule has 3 heterocycles. The zero-order valence-electron chi connectivity index (χ0n) is 14.6. The van der Waals surface area contributed by atoms with Crippen LogP contribution in [0.1, 0.15) is 17.5 Å². The smallest absolute Gasteiger partial charge is 0.416 e. The van der Waals surface area contributed by atoms with Gasteiger partial charge >= 0.3 is 6.18 Å². The maximum atomic E-state index is 12.9. The van der Waals surface area contributed by atoms with Gasteiger partial charge in [-0.25, -0.2) is 0 Å². The standard InChI is InChI=1S/C19H18F3N3O2/c1-11-6-14(19(20,21)22)8-16(26)17(11)15-7-13-2-4-25(18(13)24-23-15)9-12-3-5-27-10-12/h2,4,6-8,12,26H,3,5,9-10H2,1H3. The van der Waals surface area contributed by atoms with Crippen LogP contribution in [0, 0.1) is 12.8 Å². The van der Waals surface area contributed by atoms with Crippen LogP contribution in [0.25, 0.3) is 22.3 Å². The molecule has 142 valence electrons. The van der Waals surface area contributed by atoms with Crippen molar-refractivity contribution in [3.05, 3.63) is 41.6 Å². The molecule has 8 heteroatoms. The fraction of sp³-hybridized carbons (Fsp3) is 0.368. The van der Waals surface area contributed by atoms with Gasteiger partial charge in [-0.05, 0) is 43.2 Å². The van der Waals surface area contributed by atoms with Crippen molar-refractivity contribution in [3.63, 3.8) is 0 Å². The van der Waals surface area contributed by atoms with E-state index in [4.69, 9.17) is 4.74 Å². The van der Waals surface area contributed by atoms with Crippen molar-refractivity contribution in [1.82, 2.24) is 14.8 Å². The number of ether oxygens (including phenoxy) is 1. The summed E-state index contributed by atoms with van der Waals surface area (Å²) in [6.07, 6.45) is -1.59. The monoisotopic (exact) mass is 377 g/mol. The van der Waals surface area contributed by atoms with Crippen molar-refractivity contribution in [2.75, 3.05) is 13.2 Å². The summed E-state index contributed by atoms with van der Waals surface area (Å²) in [7, 11) is 0. The molecule has 27 heavy (non-hydrogen) atoms. The summed E-state index contributed by atoms with van der Waals surface area (Å²) in [6.45, 7) is 3.79. The number of hydrogen-bond donors (Lipinski definition) is 1. The van der Waals surface area contributed by atoms with Gasteiger partial charge in [0.25, 0.3) is 0 Å². The van der Waals surface area contributed by atoms with Gasteiger partial charge in [-0.2, -0.15) is 13.2 Å². The van der Waals surface area contributed by atoms with Crippen molar-refractivity contribution in [1.29, 1.82) is 0 Å². The first kappa shape index (κ1) is 17.8. The molecule has 0 aliphatic carbocycles. The second kappa shape index (κ2) is 6.53. The largest absolute Gasteiger partial charge is 0.507 e. The normalized spacial score (nSPS) is 17.7. The number of aromatic hydroxyl groups is 1. The van der Waals surface area contributed by atoms with Crippen LogP contribution in [0.5, 0.6) is 5.75 Å². The fourth-order valence-electron chi connectivity index (χ4n) is 3.53. The van der Waals surface area contributed by atoms with E-state index in [-0.39, 0.29) is 5.56 Å². The van der Waals surface area contributed by atoms with E-state index in [9.17, 15) is 18.3 Å². The summed E-state index contributed by atoms with van der Waals surface area (Å²) in [5, 5.41) is 19.4. The Hall–Kier alpha value is -2.61. The third-order valence-electron chi connectivity index (χ3n) is 4.89. The Morgan fingerprint density at radius 3 is 2.74 bits per heavy atom. The molecule has 1 saturated heterocycles. The first-order valence-corrected chi connectivity index (χ1v) is 8.64. The molecule has 0 spiro atoms. The van der Waals surface area contributed by atoms with Gasteiger partial charge in [-0.15, -0.1) is 10.2 Å². The molecule has 2 aromatic heterocycles. The topological polar surface area (TPSA) is 60.2 Å². The number of aryl methyl sites for hydroxylation is 1. The number of phenols is 1. The maximum Gasteiger partial charge on any atom is 0.416 e. The summed E-state index contributed by atoms with van der Waals surface area (Å²) >= 11 is 0. The van der Waals surface area contributed by atoms with Crippen LogP contribution in [0.4, 0.5) is 13.2 Å². The minimum Gasteiger partial charge on any atom is -0.507 e. The van der Waals surface area contributed by atoms with Gasteiger partial charge in [0, 0.05) is 36.2 Å². The Morgan fingerprint density at radius 1 is 1.26 bits per heavy atom. The first-order chi connectivity index (χ1) is 12.8. The van der Waals surface area contributed by atoms with E-state index in [0.717, 1.165) is 43.7 Å². The van der Waals surface area contributed by atoms with Crippen molar-refractivity contribution in [3.8, 4) is 17.0 Å². The van der Waals surface area contributed by atoms with E-state index >= 15 is 0 Å². The number of halogens is 3. The van der Waals surface area contributed by atoms with Gasteiger partial charge in [-0.1, -0.05) is 0 Å². The van der Waals surface area contributed by atoms with Crippen molar-refractivity contribution < 1.29 is 23.0 Å². The average Bonchev–Trinajstić information content (AvgIpc) is 3.24. The molecule has 1 aromatic carbocycles. The quantitative estimate of drug-likeness (QED) is 0.744. The van der Waals surface area contributed by atoms with Gasteiger partial charge in [0.2, 0.25) is 0 Å². The summed E-state index contributed by atoms with van der Waals surface area (Å²) in [5.74, 6) is -0.0261. The van der Waals surface area contributed by atoms with E-state index in [0.29, 0.717) is 22.8 Å². The van der Waals surface area contributed by atoms with Gasteiger partial charge in [0.05, 0.1) is 17.9 Å². The van der Waals surface area contributed by atoms with Crippen LogP contribution in [0.15, 0.2) is 30.5 Å². The van der Waals surface area contributed by atoms with Gasteiger partial charge in [-0.3, -0.25) is 0 Å². The van der Waals surface area contributed by atoms with Crippen LogP contribution in [-0.2, 0) is 17.5 Å². The first-order valence-electron chi connectivity index (χ1n) is 8.64.